The smallest absolute Gasteiger partial charge is 0.249 e. The van der Waals surface area contributed by atoms with Crippen LogP contribution in [0.5, 0.6) is 0 Å². The van der Waals surface area contributed by atoms with E-state index in [2.05, 4.69) is 0 Å². The molecule has 0 aromatic heterocycles. The molecule has 2 rings (SSSR count). The Bertz CT molecular complexity index is 470. The summed E-state index contributed by atoms with van der Waals surface area (Å²) in [5, 5.41) is -0.276. The molecule has 1 amide bonds. The van der Waals surface area contributed by atoms with E-state index in [1.165, 1.54) is 6.07 Å². The minimum atomic E-state index is -1.49. The van der Waals surface area contributed by atoms with Gasteiger partial charge < -0.3 is 5.73 Å². The van der Waals surface area contributed by atoms with E-state index in [-0.39, 0.29) is 15.6 Å². The van der Waals surface area contributed by atoms with Crippen molar-refractivity contribution in [1.82, 2.24) is 0 Å². The first kappa shape index (κ1) is 9.42. The molecule has 1 aliphatic rings. The van der Waals surface area contributed by atoms with E-state index < -0.39 is 15.7 Å². The van der Waals surface area contributed by atoms with Gasteiger partial charge in [0.05, 0.1) is 10.5 Å². The lowest BCUT2D eigenvalue weighted by Gasteiger charge is -2.00. The Balaban J connectivity index is 2.74. The molecule has 72 valence electrons. The first-order valence-corrected chi connectivity index (χ1v) is 6.17. The normalized spacial score (nSPS) is 19.4. The maximum atomic E-state index is 11.4. The molecular formula is C8H5NO3S2. The Hall–Kier alpha value is -1.14. The van der Waals surface area contributed by atoms with Gasteiger partial charge in [0.25, 0.3) is 0 Å². The first-order valence-electron chi connectivity index (χ1n) is 3.68. The fraction of sp³-hybridized carbons (Fsp3) is 0. The molecule has 1 atom stereocenters. The Labute approximate surface area is 85.7 Å². The molecular weight excluding hydrogens is 222 g/mol. The van der Waals surface area contributed by atoms with Crippen molar-refractivity contribution in [1.29, 1.82) is 0 Å². The molecule has 0 spiro atoms. The molecule has 0 aliphatic carbocycles. The number of fused-ring (bicyclic) bond motifs is 1. The quantitative estimate of drug-likeness (QED) is 0.716. The predicted molar refractivity (Wildman–Crippen MR) is 53.3 cm³/mol. The average Bonchev–Trinajstić information content (AvgIpc) is 2.43. The molecule has 0 fully saturated rings. The number of rotatable bonds is 1. The number of hydrogen-bond acceptors (Lipinski definition) is 4. The SMILES string of the molecule is NC(=O)c1cccc2c1S(=O)SC2=O. The van der Waals surface area contributed by atoms with Crippen LogP contribution in [0.2, 0.25) is 0 Å². The third-order valence-electron chi connectivity index (χ3n) is 1.82. The van der Waals surface area contributed by atoms with Gasteiger partial charge in [0.15, 0.2) is 0 Å². The van der Waals surface area contributed by atoms with Crippen molar-refractivity contribution in [2.24, 2.45) is 5.73 Å². The topological polar surface area (TPSA) is 77.2 Å². The molecule has 14 heavy (non-hydrogen) atoms. The van der Waals surface area contributed by atoms with Crippen LogP contribution in [-0.4, -0.2) is 15.2 Å². The number of carbonyl (C=O) groups is 2. The molecule has 1 heterocycles. The molecule has 0 bridgehead atoms. The maximum Gasteiger partial charge on any atom is 0.249 e. The third-order valence-corrected chi connectivity index (χ3v) is 4.52. The minimum Gasteiger partial charge on any atom is -0.366 e. The van der Waals surface area contributed by atoms with Crippen LogP contribution < -0.4 is 5.73 Å². The lowest BCUT2D eigenvalue weighted by Crippen LogP contribution is -2.13. The Morgan fingerprint density at radius 3 is 2.79 bits per heavy atom. The van der Waals surface area contributed by atoms with Crippen molar-refractivity contribution in [3.8, 4) is 0 Å². The Morgan fingerprint density at radius 1 is 1.43 bits per heavy atom. The van der Waals surface area contributed by atoms with Crippen LogP contribution in [0.1, 0.15) is 20.7 Å². The van der Waals surface area contributed by atoms with Gasteiger partial charge in [0.1, 0.15) is 9.83 Å². The highest BCUT2D eigenvalue weighted by Crippen LogP contribution is 2.36. The summed E-state index contributed by atoms with van der Waals surface area (Å²) in [7, 11) is -0.787. The molecule has 1 aromatic carbocycles. The molecule has 0 saturated heterocycles. The van der Waals surface area contributed by atoms with Crippen LogP contribution >= 0.6 is 10.8 Å². The zero-order valence-electron chi connectivity index (χ0n) is 6.85. The number of carbonyl (C=O) groups excluding carboxylic acids is 2. The molecule has 1 aromatic rings. The molecule has 0 saturated carbocycles. The molecule has 1 unspecified atom stereocenters. The van der Waals surface area contributed by atoms with Crippen LogP contribution in [0.4, 0.5) is 0 Å². The summed E-state index contributed by atoms with van der Waals surface area (Å²) in [6.45, 7) is 0. The molecule has 0 radical (unpaired) electrons. The lowest BCUT2D eigenvalue weighted by atomic mass is 10.1. The summed E-state index contributed by atoms with van der Waals surface area (Å²) in [6.07, 6.45) is 0. The lowest BCUT2D eigenvalue weighted by molar-refractivity contribution is 0.0997. The number of benzene rings is 1. The van der Waals surface area contributed by atoms with Crippen LogP contribution in [0.3, 0.4) is 0 Å². The highest BCUT2D eigenvalue weighted by atomic mass is 33.1. The van der Waals surface area contributed by atoms with E-state index in [4.69, 9.17) is 5.73 Å². The summed E-state index contributed by atoms with van der Waals surface area (Å²) in [5.74, 6) is -0.662. The zero-order valence-corrected chi connectivity index (χ0v) is 8.48. The van der Waals surface area contributed by atoms with E-state index in [9.17, 15) is 13.8 Å². The zero-order chi connectivity index (χ0) is 10.3. The van der Waals surface area contributed by atoms with Crippen molar-refractivity contribution in [2.45, 2.75) is 4.90 Å². The molecule has 4 nitrogen and oxygen atoms in total. The van der Waals surface area contributed by atoms with E-state index in [0.717, 1.165) is 0 Å². The second-order valence-corrected chi connectivity index (χ2v) is 5.48. The standard InChI is InChI=1S/C8H5NO3S2/c9-7(10)4-2-1-3-5-6(4)14(12)13-8(5)11/h1-3H,(H2,9,10). The Morgan fingerprint density at radius 2 is 2.14 bits per heavy atom. The van der Waals surface area contributed by atoms with E-state index in [1.54, 1.807) is 12.1 Å². The largest absolute Gasteiger partial charge is 0.366 e. The highest BCUT2D eigenvalue weighted by Gasteiger charge is 2.31. The summed E-state index contributed by atoms with van der Waals surface area (Å²) in [6, 6.07) is 4.57. The summed E-state index contributed by atoms with van der Waals surface area (Å²) < 4.78 is 11.4. The number of nitrogens with two attached hydrogens (primary N) is 1. The summed E-state index contributed by atoms with van der Waals surface area (Å²) >= 11 is 0. The minimum absolute atomic E-state index is 0.166. The highest BCUT2D eigenvalue weighted by molar-refractivity contribution is 8.76. The monoisotopic (exact) mass is 227 g/mol. The van der Waals surface area contributed by atoms with Crippen LogP contribution in [0, 0.1) is 0 Å². The second-order valence-electron chi connectivity index (χ2n) is 2.65. The van der Waals surface area contributed by atoms with Crippen molar-refractivity contribution in [3.63, 3.8) is 0 Å². The van der Waals surface area contributed by atoms with Gasteiger partial charge >= 0.3 is 0 Å². The second kappa shape index (κ2) is 3.21. The predicted octanol–water partition coefficient (Wildman–Crippen LogP) is 0.695. The van der Waals surface area contributed by atoms with Gasteiger partial charge in [-0.15, -0.1) is 0 Å². The van der Waals surface area contributed by atoms with E-state index >= 15 is 0 Å². The number of amides is 1. The fourth-order valence-electron chi connectivity index (χ4n) is 1.23. The van der Waals surface area contributed by atoms with Crippen molar-refractivity contribution >= 4 is 31.6 Å². The van der Waals surface area contributed by atoms with E-state index in [0.29, 0.717) is 16.4 Å². The number of primary amides is 1. The summed E-state index contributed by atoms with van der Waals surface area (Å²) in [5.41, 5.74) is 5.59. The first-order chi connectivity index (χ1) is 6.61. The number of hydrogen-bond donors (Lipinski definition) is 1. The van der Waals surface area contributed by atoms with Gasteiger partial charge in [0.2, 0.25) is 11.0 Å². The molecule has 2 N–H and O–H groups in total. The maximum absolute atomic E-state index is 11.4. The molecule has 1 aliphatic heterocycles. The molecule has 6 heteroatoms. The van der Waals surface area contributed by atoms with Crippen LogP contribution in [-0.2, 0) is 9.83 Å². The van der Waals surface area contributed by atoms with Gasteiger partial charge in [0, 0.05) is 16.4 Å². The van der Waals surface area contributed by atoms with Gasteiger partial charge in [-0.2, -0.15) is 0 Å². The van der Waals surface area contributed by atoms with Crippen LogP contribution in [0.15, 0.2) is 23.1 Å². The average molecular weight is 227 g/mol. The van der Waals surface area contributed by atoms with Crippen molar-refractivity contribution in [3.05, 3.63) is 29.3 Å². The summed E-state index contributed by atoms with van der Waals surface area (Å²) in [4.78, 5) is 22.5. The van der Waals surface area contributed by atoms with Gasteiger partial charge in [-0.25, -0.2) is 4.21 Å². The van der Waals surface area contributed by atoms with Gasteiger partial charge in [-0.05, 0) is 12.1 Å². The fourth-order valence-corrected chi connectivity index (χ4v) is 3.93. The van der Waals surface area contributed by atoms with Crippen molar-refractivity contribution < 1.29 is 13.8 Å². The third kappa shape index (κ3) is 1.27. The van der Waals surface area contributed by atoms with Crippen molar-refractivity contribution in [2.75, 3.05) is 0 Å². The van der Waals surface area contributed by atoms with Gasteiger partial charge in [-0.3, -0.25) is 9.59 Å². The Kier molecular flexibility index (Phi) is 2.16. The van der Waals surface area contributed by atoms with E-state index in [1.807, 2.05) is 0 Å². The van der Waals surface area contributed by atoms with Crippen LogP contribution in [0.25, 0.3) is 0 Å². The van der Waals surface area contributed by atoms with Gasteiger partial charge in [-0.1, -0.05) is 6.07 Å².